The van der Waals surface area contributed by atoms with E-state index < -0.39 is 10.0 Å². The van der Waals surface area contributed by atoms with E-state index in [4.69, 9.17) is 0 Å². The number of nitrogens with one attached hydrogen (secondary N) is 1. The van der Waals surface area contributed by atoms with E-state index in [1.165, 1.54) is 0 Å². The molecule has 0 amide bonds. The minimum absolute atomic E-state index is 0.285. The van der Waals surface area contributed by atoms with Crippen molar-refractivity contribution in [3.63, 3.8) is 0 Å². The van der Waals surface area contributed by atoms with E-state index >= 15 is 0 Å². The van der Waals surface area contributed by atoms with Crippen LogP contribution in [0.25, 0.3) is 0 Å². The van der Waals surface area contributed by atoms with Crippen LogP contribution in [0.2, 0.25) is 0 Å². The second-order valence-electron chi connectivity index (χ2n) is 6.70. The molecule has 1 heterocycles. The number of nitrogens with zero attached hydrogens (tertiary/aromatic N) is 2. The highest BCUT2D eigenvalue weighted by Crippen LogP contribution is 2.26. The first-order valence-electron chi connectivity index (χ1n) is 8.56. The Hall–Kier alpha value is -2.12. The Bertz CT molecular complexity index is 1090. The van der Waals surface area contributed by atoms with Gasteiger partial charge in [0.15, 0.2) is 0 Å². The van der Waals surface area contributed by atoms with Gasteiger partial charge in [0.2, 0.25) is 0 Å². The standard InChI is InChI=1S/C20H22BrN3O2S/c1-13-5-10-19(14(2)11-13)27(25,26)23-20-15(3)22-24(16(20)4)12-17-6-8-18(21)9-7-17/h5-11,23H,12H2,1-4H3. The molecule has 3 rings (SSSR count). The van der Waals surface area contributed by atoms with Crippen LogP contribution in [0.15, 0.2) is 51.8 Å². The molecule has 27 heavy (non-hydrogen) atoms. The number of hydrogen-bond acceptors (Lipinski definition) is 3. The molecule has 0 saturated carbocycles. The quantitative estimate of drug-likeness (QED) is 0.614. The maximum atomic E-state index is 12.9. The Balaban J connectivity index is 1.91. The summed E-state index contributed by atoms with van der Waals surface area (Å²) in [4.78, 5) is 0.285. The molecule has 1 N–H and O–H groups in total. The molecule has 0 bridgehead atoms. The number of benzene rings is 2. The van der Waals surface area contributed by atoms with E-state index in [1.54, 1.807) is 19.1 Å². The van der Waals surface area contributed by atoms with Gasteiger partial charge in [-0.2, -0.15) is 5.10 Å². The normalized spacial score (nSPS) is 11.6. The number of aromatic nitrogens is 2. The van der Waals surface area contributed by atoms with Crippen molar-refractivity contribution in [3.8, 4) is 0 Å². The molecule has 0 atom stereocenters. The Labute approximate surface area is 168 Å². The summed E-state index contributed by atoms with van der Waals surface area (Å²) in [7, 11) is -3.68. The van der Waals surface area contributed by atoms with Gasteiger partial charge in [-0.15, -0.1) is 0 Å². The van der Waals surface area contributed by atoms with E-state index in [2.05, 4.69) is 25.8 Å². The fraction of sp³-hybridized carbons (Fsp3) is 0.250. The summed E-state index contributed by atoms with van der Waals surface area (Å²) in [5.41, 5.74) is 4.81. The van der Waals surface area contributed by atoms with Crippen molar-refractivity contribution in [2.24, 2.45) is 0 Å². The SMILES string of the molecule is Cc1ccc(S(=O)(=O)Nc2c(C)nn(Cc3ccc(Br)cc3)c2C)c(C)c1. The first kappa shape index (κ1) is 19.6. The highest BCUT2D eigenvalue weighted by molar-refractivity contribution is 9.10. The minimum atomic E-state index is -3.68. The number of sulfonamides is 1. The largest absolute Gasteiger partial charge is 0.276 e. The van der Waals surface area contributed by atoms with Gasteiger partial charge in [0.1, 0.15) is 0 Å². The average molecular weight is 448 g/mol. The third-order valence-electron chi connectivity index (χ3n) is 4.48. The van der Waals surface area contributed by atoms with Crippen molar-refractivity contribution in [1.29, 1.82) is 0 Å². The Morgan fingerprint density at radius 3 is 2.33 bits per heavy atom. The van der Waals surface area contributed by atoms with Gasteiger partial charge < -0.3 is 0 Å². The van der Waals surface area contributed by atoms with Gasteiger partial charge in [-0.25, -0.2) is 8.42 Å². The molecule has 0 saturated heterocycles. The van der Waals surface area contributed by atoms with Crippen molar-refractivity contribution in [2.75, 3.05) is 4.72 Å². The number of aryl methyl sites for hydroxylation is 3. The van der Waals surface area contributed by atoms with Crippen LogP contribution in [0.1, 0.15) is 28.1 Å². The molecule has 0 fully saturated rings. The van der Waals surface area contributed by atoms with Crippen LogP contribution >= 0.6 is 15.9 Å². The van der Waals surface area contributed by atoms with Crippen molar-refractivity contribution in [3.05, 3.63) is 75.0 Å². The summed E-state index contributed by atoms with van der Waals surface area (Å²) in [5.74, 6) is 0. The zero-order valence-corrected chi connectivity index (χ0v) is 18.1. The van der Waals surface area contributed by atoms with Crippen LogP contribution < -0.4 is 4.72 Å². The molecule has 7 heteroatoms. The molecule has 0 aliphatic heterocycles. The molecule has 2 aromatic carbocycles. The molecular formula is C20H22BrN3O2S. The van der Waals surface area contributed by atoms with Crippen molar-refractivity contribution >= 4 is 31.6 Å². The topological polar surface area (TPSA) is 64.0 Å². The van der Waals surface area contributed by atoms with Crippen LogP contribution in [-0.4, -0.2) is 18.2 Å². The van der Waals surface area contributed by atoms with Crippen LogP contribution in [0.5, 0.6) is 0 Å². The fourth-order valence-electron chi connectivity index (χ4n) is 3.05. The molecule has 3 aromatic rings. The van der Waals surface area contributed by atoms with E-state index in [0.29, 0.717) is 17.9 Å². The molecule has 0 radical (unpaired) electrons. The first-order chi connectivity index (χ1) is 12.7. The van der Waals surface area contributed by atoms with Crippen molar-refractivity contribution in [2.45, 2.75) is 39.1 Å². The summed E-state index contributed by atoms with van der Waals surface area (Å²) in [6.45, 7) is 8.00. The summed E-state index contributed by atoms with van der Waals surface area (Å²) in [6, 6.07) is 13.3. The van der Waals surface area contributed by atoms with E-state index in [-0.39, 0.29) is 4.90 Å². The highest BCUT2D eigenvalue weighted by atomic mass is 79.9. The van der Waals surface area contributed by atoms with Crippen LogP contribution in [0.3, 0.4) is 0 Å². The van der Waals surface area contributed by atoms with Gasteiger partial charge in [0.25, 0.3) is 10.0 Å². The highest BCUT2D eigenvalue weighted by Gasteiger charge is 2.21. The van der Waals surface area contributed by atoms with Gasteiger partial charge in [-0.05, 0) is 57.0 Å². The van der Waals surface area contributed by atoms with Gasteiger partial charge >= 0.3 is 0 Å². The molecule has 0 aliphatic rings. The van der Waals surface area contributed by atoms with Gasteiger partial charge in [-0.1, -0.05) is 45.8 Å². The molecule has 1 aromatic heterocycles. The zero-order valence-electron chi connectivity index (χ0n) is 15.7. The lowest BCUT2D eigenvalue weighted by Gasteiger charge is -2.12. The number of halogens is 1. The predicted molar refractivity (Wildman–Crippen MR) is 112 cm³/mol. The molecule has 0 spiro atoms. The monoisotopic (exact) mass is 447 g/mol. The third kappa shape index (κ3) is 4.25. The van der Waals surface area contributed by atoms with E-state index in [1.807, 2.05) is 55.8 Å². The number of hydrogen-bond donors (Lipinski definition) is 1. The average Bonchev–Trinajstić information content (AvgIpc) is 2.84. The lowest BCUT2D eigenvalue weighted by atomic mass is 10.2. The third-order valence-corrected chi connectivity index (χ3v) is 6.52. The van der Waals surface area contributed by atoms with Gasteiger partial charge in [0.05, 0.1) is 28.5 Å². The Morgan fingerprint density at radius 1 is 1.04 bits per heavy atom. The number of rotatable bonds is 5. The fourth-order valence-corrected chi connectivity index (χ4v) is 4.72. The van der Waals surface area contributed by atoms with Crippen LogP contribution in [0, 0.1) is 27.7 Å². The molecule has 5 nitrogen and oxygen atoms in total. The Morgan fingerprint density at radius 2 is 1.70 bits per heavy atom. The summed E-state index contributed by atoms with van der Waals surface area (Å²) >= 11 is 3.43. The second-order valence-corrected chi connectivity index (χ2v) is 9.27. The summed E-state index contributed by atoms with van der Waals surface area (Å²) in [6.07, 6.45) is 0. The first-order valence-corrected chi connectivity index (χ1v) is 10.8. The number of anilines is 1. The van der Waals surface area contributed by atoms with Crippen molar-refractivity contribution < 1.29 is 8.42 Å². The second kappa shape index (κ2) is 7.48. The van der Waals surface area contributed by atoms with Gasteiger partial charge in [-0.3, -0.25) is 9.40 Å². The lowest BCUT2D eigenvalue weighted by Crippen LogP contribution is -2.15. The summed E-state index contributed by atoms with van der Waals surface area (Å²) < 4.78 is 31.3. The summed E-state index contributed by atoms with van der Waals surface area (Å²) in [5, 5.41) is 4.52. The minimum Gasteiger partial charge on any atom is -0.276 e. The molecule has 0 aliphatic carbocycles. The van der Waals surface area contributed by atoms with E-state index in [0.717, 1.165) is 26.9 Å². The molecule has 142 valence electrons. The van der Waals surface area contributed by atoms with Crippen LogP contribution in [-0.2, 0) is 16.6 Å². The zero-order chi connectivity index (χ0) is 19.8. The molecular weight excluding hydrogens is 426 g/mol. The predicted octanol–water partition coefficient (Wildman–Crippen LogP) is 4.73. The van der Waals surface area contributed by atoms with Crippen molar-refractivity contribution in [1.82, 2.24) is 9.78 Å². The van der Waals surface area contributed by atoms with Crippen LogP contribution in [0.4, 0.5) is 5.69 Å². The Kier molecular flexibility index (Phi) is 5.44. The molecule has 0 unspecified atom stereocenters. The van der Waals surface area contributed by atoms with Gasteiger partial charge in [0, 0.05) is 4.47 Å². The smallest absolute Gasteiger partial charge is 0.262 e. The maximum Gasteiger partial charge on any atom is 0.262 e. The maximum absolute atomic E-state index is 12.9. The lowest BCUT2D eigenvalue weighted by molar-refractivity contribution is 0.600. The van der Waals surface area contributed by atoms with E-state index in [9.17, 15) is 8.42 Å².